The average Bonchev–Trinajstić information content (AvgIpc) is 2.77. The number of nitrogens with two attached hydrogens (primary N) is 1. The zero-order valence-corrected chi connectivity index (χ0v) is 10.9. The molecule has 1 atom stereocenters. The third kappa shape index (κ3) is 2.29. The molecule has 4 heteroatoms. The Labute approximate surface area is 106 Å². The molecule has 0 radical (unpaired) electrons. The highest BCUT2D eigenvalue weighted by Crippen LogP contribution is 2.23. The van der Waals surface area contributed by atoms with Gasteiger partial charge >= 0.3 is 0 Å². The fourth-order valence-electron chi connectivity index (χ4n) is 1.91. The zero-order valence-electron chi connectivity index (χ0n) is 10.9. The molecule has 0 aliphatic heterocycles. The van der Waals surface area contributed by atoms with E-state index in [2.05, 4.69) is 18.9 Å². The molecular formula is C14H18FN3. The van der Waals surface area contributed by atoms with Crippen LogP contribution in [0.5, 0.6) is 0 Å². The van der Waals surface area contributed by atoms with E-state index in [1.54, 1.807) is 16.9 Å². The molecular weight excluding hydrogens is 229 g/mol. The van der Waals surface area contributed by atoms with Crippen molar-refractivity contribution in [1.29, 1.82) is 0 Å². The average molecular weight is 247 g/mol. The van der Waals surface area contributed by atoms with Crippen LogP contribution in [-0.4, -0.2) is 9.78 Å². The van der Waals surface area contributed by atoms with Crippen LogP contribution in [0.15, 0.2) is 30.5 Å². The predicted octanol–water partition coefficient (Wildman–Crippen LogP) is 3.15. The molecule has 0 amide bonds. The summed E-state index contributed by atoms with van der Waals surface area (Å²) in [7, 11) is 0. The second kappa shape index (κ2) is 4.90. The van der Waals surface area contributed by atoms with E-state index in [1.165, 1.54) is 6.07 Å². The second-order valence-electron chi connectivity index (χ2n) is 4.81. The van der Waals surface area contributed by atoms with Gasteiger partial charge in [-0.3, -0.25) is 0 Å². The van der Waals surface area contributed by atoms with E-state index >= 15 is 0 Å². The standard InChI is InChI=1S/C14H18FN3/c1-9(2)13-7-8-18(17-13)14-11(10(3)16)5-4-6-12(14)15/h4-10H,16H2,1-3H3/t10-/m1/s1. The fraction of sp³-hybridized carbons (Fsp3) is 0.357. The van der Waals surface area contributed by atoms with Crippen LogP contribution < -0.4 is 5.73 Å². The zero-order chi connectivity index (χ0) is 13.3. The van der Waals surface area contributed by atoms with Gasteiger partial charge in [0.15, 0.2) is 0 Å². The molecule has 2 rings (SSSR count). The number of hydrogen-bond acceptors (Lipinski definition) is 2. The van der Waals surface area contributed by atoms with Crippen molar-refractivity contribution in [1.82, 2.24) is 9.78 Å². The number of halogens is 1. The quantitative estimate of drug-likeness (QED) is 0.905. The second-order valence-corrected chi connectivity index (χ2v) is 4.81. The summed E-state index contributed by atoms with van der Waals surface area (Å²) in [6, 6.07) is 6.60. The summed E-state index contributed by atoms with van der Waals surface area (Å²) >= 11 is 0. The van der Waals surface area contributed by atoms with Crippen LogP contribution in [-0.2, 0) is 0 Å². The van der Waals surface area contributed by atoms with Crippen LogP contribution in [0.4, 0.5) is 4.39 Å². The Morgan fingerprint density at radius 2 is 1.94 bits per heavy atom. The van der Waals surface area contributed by atoms with E-state index in [4.69, 9.17) is 5.73 Å². The number of aromatic nitrogens is 2. The molecule has 0 bridgehead atoms. The van der Waals surface area contributed by atoms with Crippen LogP contribution in [0.25, 0.3) is 5.69 Å². The van der Waals surface area contributed by atoms with Crippen LogP contribution in [0.2, 0.25) is 0 Å². The van der Waals surface area contributed by atoms with Crippen LogP contribution in [0.3, 0.4) is 0 Å². The summed E-state index contributed by atoms with van der Waals surface area (Å²) in [5.41, 5.74) is 8.02. The van der Waals surface area contributed by atoms with Crippen LogP contribution in [0, 0.1) is 5.82 Å². The first kappa shape index (κ1) is 12.8. The molecule has 96 valence electrons. The van der Waals surface area contributed by atoms with Crippen molar-refractivity contribution in [3.05, 3.63) is 47.5 Å². The third-order valence-corrected chi connectivity index (χ3v) is 2.94. The molecule has 0 spiro atoms. The number of hydrogen-bond donors (Lipinski definition) is 1. The van der Waals surface area contributed by atoms with Gasteiger partial charge in [0.25, 0.3) is 0 Å². The molecule has 0 fully saturated rings. The molecule has 0 saturated carbocycles. The maximum absolute atomic E-state index is 14.0. The number of benzene rings is 1. The van der Waals surface area contributed by atoms with Gasteiger partial charge < -0.3 is 5.73 Å². The minimum absolute atomic E-state index is 0.234. The lowest BCUT2D eigenvalue weighted by Crippen LogP contribution is -2.12. The van der Waals surface area contributed by atoms with Gasteiger partial charge in [-0.05, 0) is 30.5 Å². The van der Waals surface area contributed by atoms with E-state index in [0.29, 0.717) is 11.6 Å². The highest BCUT2D eigenvalue weighted by Gasteiger charge is 2.15. The minimum atomic E-state index is -0.303. The third-order valence-electron chi connectivity index (χ3n) is 2.94. The minimum Gasteiger partial charge on any atom is -0.324 e. The van der Waals surface area contributed by atoms with Gasteiger partial charge in [0, 0.05) is 12.2 Å². The molecule has 0 aliphatic rings. The Bertz CT molecular complexity index is 544. The van der Waals surface area contributed by atoms with Gasteiger partial charge in [-0.25, -0.2) is 9.07 Å². The van der Waals surface area contributed by atoms with Crippen molar-refractivity contribution < 1.29 is 4.39 Å². The van der Waals surface area contributed by atoms with Crippen molar-refractivity contribution >= 4 is 0 Å². The van der Waals surface area contributed by atoms with Gasteiger partial charge in [0.1, 0.15) is 11.5 Å². The van der Waals surface area contributed by atoms with E-state index in [0.717, 1.165) is 11.3 Å². The summed E-state index contributed by atoms with van der Waals surface area (Å²) < 4.78 is 15.6. The fourth-order valence-corrected chi connectivity index (χ4v) is 1.91. The van der Waals surface area contributed by atoms with E-state index in [1.807, 2.05) is 19.1 Å². The Kier molecular flexibility index (Phi) is 3.48. The predicted molar refractivity (Wildman–Crippen MR) is 70.2 cm³/mol. The van der Waals surface area contributed by atoms with Gasteiger partial charge in [0.2, 0.25) is 0 Å². The van der Waals surface area contributed by atoms with Gasteiger partial charge in [-0.1, -0.05) is 26.0 Å². The first-order valence-corrected chi connectivity index (χ1v) is 6.10. The monoisotopic (exact) mass is 247 g/mol. The molecule has 2 aromatic rings. The highest BCUT2D eigenvalue weighted by molar-refractivity contribution is 5.43. The largest absolute Gasteiger partial charge is 0.324 e. The Morgan fingerprint density at radius 3 is 2.50 bits per heavy atom. The molecule has 1 aromatic carbocycles. The lowest BCUT2D eigenvalue weighted by atomic mass is 10.1. The maximum atomic E-state index is 14.0. The number of rotatable bonds is 3. The summed E-state index contributed by atoms with van der Waals surface area (Å²) in [6.45, 7) is 5.95. The molecule has 0 unspecified atom stereocenters. The number of nitrogens with zero attached hydrogens (tertiary/aromatic N) is 2. The first-order chi connectivity index (χ1) is 8.50. The van der Waals surface area contributed by atoms with Crippen LogP contribution in [0.1, 0.15) is 44.0 Å². The molecule has 0 aliphatic carbocycles. The summed E-state index contributed by atoms with van der Waals surface area (Å²) in [4.78, 5) is 0. The van der Waals surface area contributed by atoms with Gasteiger partial charge in [-0.15, -0.1) is 0 Å². The van der Waals surface area contributed by atoms with E-state index in [9.17, 15) is 4.39 Å². The van der Waals surface area contributed by atoms with Crippen molar-refractivity contribution in [2.24, 2.45) is 5.73 Å². The van der Waals surface area contributed by atoms with Gasteiger partial charge in [-0.2, -0.15) is 5.10 Å². The highest BCUT2D eigenvalue weighted by atomic mass is 19.1. The summed E-state index contributed by atoms with van der Waals surface area (Å²) in [6.07, 6.45) is 1.78. The maximum Gasteiger partial charge on any atom is 0.149 e. The van der Waals surface area contributed by atoms with Crippen molar-refractivity contribution in [2.75, 3.05) is 0 Å². The molecule has 1 heterocycles. The molecule has 2 N–H and O–H groups in total. The Morgan fingerprint density at radius 1 is 1.22 bits per heavy atom. The Hall–Kier alpha value is -1.68. The summed E-state index contributed by atoms with van der Waals surface area (Å²) in [5.74, 6) is 0.0139. The van der Waals surface area contributed by atoms with Crippen molar-refractivity contribution in [3.8, 4) is 5.69 Å². The SMILES string of the molecule is CC(C)c1ccn(-c2c(F)cccc2[C@@H](C)N)n1. The normalized spacial score (nSPS) is 13.0. The molecule has 18 heavy (non-hydrogen) atoms. The smallest absolute Gasteiger partial charge is 0.149 e. The lowest BCUT2D eigenvalue weighted by Gasteiger charge is -2.13. The van der Waals surface area contributed by atoms with Crippen LogP contribution >= 0.6 is 0 Å². The first-order valence-electron chi connectivity index (χ1n) is 6.10. The summed E-state index contributed by atoms with van der Waals surface area (Å²) in [5, 5.41) is 4.40. The van der Waals surface area contributed by atoms with Crippen molar-refractivity contribution in [3.63, 3.8) is 0 Å². The molecule has 3 nitrogen and oxygen atoms in total. The van der Waals surface area contributed by atoms with E-state index < -0.39 is 0 Å². The molecule has 0 saturated heterocycles. The lowest BCUT2D eigenvalue weighted by molar-refractivity contribution is 0.600. The topological polar surface area (TPSA) is 43.8 Å². The van der Waals surface area contributed by atoms with Gasteiger partial charge in [0.05, 0.1) is 5.69 Å². The molecule has 1 aromatic heterocycles. The van der Waals surface area contributed by atoms with E-state index in [-0.39, 0.29) is 11.9 Å². The Balaban J connectivity index is 2.55. The van der Waals surface area contributed by atoms with Crippen molar-refractivity contribution in [2.45, 2.75) is 32.7 Å². The number of para-hydroxylation sites is 1.